The summed E-state index contributed by atoms with van der Waals surface area (Å²) in [4.78, 5) is 29.6. The normalized spacial score (nSPS) is 19.1. The predicted molar refractivity (Wildman–Crippen MR) is 98.9 cm³/mol. The Balaban J connectivity index is 1.43. The van der Waals surface area contributed by atoms with E-state index in [1.807, 2.05) is 6.20 Å². The van der Waals surface area contributed by atoms with Crippen LogP contribution in [-0.2, 0) is 14.9 Å². The topological polar surface area (TPSA) is 74.4 Å². The second-order valence-corrected chi connectivity index (χ2v) is 7.41. The van der Waals surface area contributed by atoms with Gasteiger partial charge >= 0.3 is 6.09 Å². The van der Waals surface area contributed by atoms with Gasteiger partial charge in [0.05, 0.1) is 12.0 Å². The van der Waals surface area contributed by atoms with Gasteiger partial charge in [-0.05, 0) is 56.4 Å². The van der Waals surface area contributed by atoms with Crippen molar-refractivity contribution in [1.82, 2.24) is 15.2 Å². The molecule has 1 aromatic heterocycles. The summed E-state index contributed by atoms with van der Waals surface area (Å²) in [5.74, 6) is -0.298. The summed E-state index contributed by atoms with van der Waals surface area (Å²) in [6, 6.07) is 4.65. The molecule has 0 atom stereocenters. The average Bonchev–Trinajstić information content (AvgIpc) is 3.36. The van der Waals surface area contributed by atoms with Crippen molar-refractivity contribution in [2.45, 2.75) is 44.1 Å². The number of rotatable bonds is 4. The van der Waals surface area contributed by atoms with Gasteiger partial charge in [0.25, 0.3) is 0 Å². The fourth-order valence-electron chi connectivity index (χ4n) is 3.98. The van der Waals surface area contributed by atoms with Crippen LogP contribution in [0.5, 0.6) is 0 Å². The number of ether oxygens (including phenoxy) is 1. The minimum atomic E-state index is -0.565. The fourth-order valence-corrected chi connectivity index (χ4v) is 3.98. The SMILES string of the molecule is CCOC(=O)N1CCC(NC(=O)C2(c3c[nH]c4ccc(F)cc34)CC2)CC1. The molecule has 0 bridgehead atoms. The molecule has 1 aliphatic heterocycles. The Morgan fingerprint density at radius 1 is 1.33 bits per heavy atom. The van der Waals surface area contributed by atoms with Gasteiger partial charge in [-0.3, -0.25) is 4.79 Å². The number of nitrogens with one attached hydrogen (secondary N) is 2. The zero-order chi connectivity index (χ0) is 19.0. The van der Waals surface area contributed by atoms with Gasteiger partial charge in [-0.25, -0.2) is 9.18 Å². The molecule has 0 spiro atoms. The van der Waals surface area contributed by atoms with Gasteiger partial charge in [0.15, 0.2) is 0 Å². The number of nitrogens with zero attached hydrogens (tertiary/aromatic N) is 1. The molecule has 144 valence electrons. The van der Waals surface area contributed by atoms with Gasteiger partial charge in [-0.15, -0.1) is 0 Å². The number of H-pyrrole nitrogens is 1. The first-order valence-corrected chi connectivity index (χ1v) is 9.53. The number of carbonyl (C=O) groups is 2. The third-order valence-electron chi connectivity index (χ3n) is 5.70. The lowest BCUT2D eigenvalue weighted by atomic mass is 9.93. The summed E-state index contributed by atoms with van der Waals surface area (Å²) in [5, 5.41) is 3.93. The minimum Gasteiger partial charge on any atom is -0.450 e. The number of likely N-dealkylation sites (tertiary alicyclic amines) is 1. The van der Waals surface area contributed by atoms with Crippen LogP contribution in [-0.4, -0.2) is 47.6 Å². The van der Waals surface area contributed by atoms with Crippen molar-refractivity contribution in [1.29, 1.82) is 0 Å². The zero-order valence-corrected chi connectivity index (χ0v) is 15.4. The van der Waals surface area contributed by atoms with Crippen molar-refractivity contribution in [3.63, 3.8) is 0 Å². The number of piperidine rings is 1. The Labute approximate surface area is 157 Å². The molecule has 2 aliphatic rings. The lowest BCUT2D eigenvalue weighted by molar-refractivity contribution is -0.124. The molecular formula is C20H24FN3O3. The van der Waals surface area contributed by atoms with Crippen LogP contribution in [0.2, 0.25) is 0 Å². The van der Waals surface area contributed by atoms with Crippen LogP contribution in [0.3, 0.4) is 0 Å². The van der Waals surface area contributed by atoms with E-state index in [-0.39, 0.29) is 23.9 Å². The summed E-state index contributed by atoms with van der Waals surface area (Å²) >= 11 is 0. The number of aromatic nitrogens is 1. The summed E-state index contributed by atoms with van der Waals surface area (Å²) in [6.45, 7) is 3.31. The Kier molecular flexibility index (Phi) is 4.53. The number of hydrogen-bond acceptors (Lipinski definition) is 3. The van der Waals surface area contributed by atoms with Crippen LogP contribution in [0.25, 0.3) is 10.9 Å². The molecule has 0 unspecified atom stereocenters. The second kappa shape index (κ2) is 6.87. The Hall–Kier alpha value is -2.57. The molecule has 2 aromatic rings. The molecule has 2 heterocycles. The molecule has 6 nitrogen and oxygen atoms in total. The van der Waals surface area contributed by atoms with E-state index in [9.17, 15) is 14.0 Å². The summed E-state index contributed by atoms with van der Waals surface area (Å²) in [6.07, 6.45) is 4.50. The Morgan fingerprint density at radius 3 is 2.74 bits per heavy atom. The zero-order valence-electron chi connectivity index (χ0n) is 15.4. The number of fused-ring (bicyclic) bond motifs is 1. The van der Waals surface area contributed by atoms with Gasteiger partial charge in [0.2, 0.25) is 5.91 Å². The molecule has 2 fully saturated rings. The highest BCUT2D eigenvalue weighted by molar-refractivity contribution is 5.97. The molecular weight excluding hydrogens is 349 g/mol. The van der Waals surface area contributed by atoms with E-state index in [1.54, 1.807) is 17.9 Å². The molecule has 1 saturated carbocycles. The standard InChI is InChI=1S/C20H24FN3O3/c1-2-27-19(26)24-9-5-14(6-10-24)23-18(25)20(7-8-20)16-12-22-17-4-3-13(21)11-15(16)17/h3-4,11-12,14,22H,2,5-10H2,1H3,(H,23,25). The monoisotopic (exact) mass is 373 g/mol. The highest BCUT2D eigenvalue weighted by atomic mass is 19.1. The van der Waals surface area contributed by atoms with E-state index < -0.39 is 5.41 Å². The first kappa shape index (κ1) is 17.8. The molecule has 2 amide bonds. The molecule has 1 aromatic carbocycles. The lowest BCUT2D eigenvalue weighted by Crippen LogP contribution is -2.49. The largest absolute Gasteiger partial charge is 0.450 e. The number of carbonyl (C=O) groups excluding carboxylic acids is 2. The summed E-state index contributed by atoms with van der Waals surface area (Å²) in [5.41, 5.74) is 1.15. The smallest absolute Gasteiger partial charge is 0.409 e. The molecule has 0 radical (unpaired) electrons. The van der Waals surface area contributed by atoms with Crippen LogP contribution in [0.1, 0.15) is 38.2 Å². The van der Waals surface area contributed by atoms with Crippen molar-refractivity contribution < 1.29 is 18.7 Å². The van der Waals surface area contributed by atoms with Gasteiger partial charge in [0, 0.05) is 36.2 Å². The van der Waals surface area contributed by atoms with Crippen molar-refractivity contribution in [3.8, 4) is 0 Å². The highest BCUT2D eigenvalue weighted by Crippen LogP contribution is 2.50. The van der Waals surface area contributed by atoms with E-state index in [1.165, 1.54) is 12.1 Å². The van der Waals surface area contributed by atoms with Crippen molar-refractivity contribution in [3.05, 3.63) is 35.8 Å². The number of benzene rings is 1. The molecule has 7 heteroatoms. The number of aromatic amines is 1. The maximum atomic E-state index is 13.7. The van der Waals surface area contributed by atoms with Crippen LogP contribution >= 0.6 is 0 Å². The number of amides is 2. The highest BCUT2D eigenvalue weighted by Gasteiger charge is 2.53. The van der Waals surface area contributed by atoms with Crippen molar-refractivity contribution in [2.75, 3.05) is 19.7 Å². The third-order valence-corrected chi connectivity index (χ3v) is 5.70. The third kappa shape index (κ3) is 3.26. The van der Waals surface area contributed by atoms with E-state index in [2.05, 4.69) is 10.3 Å². The molecule has 1 aliphatic carbocycles. The first-order valence-electron chi connectivity index (χ1n) is 9.53. The van der Waals surface area contributed by atoms with E-state index >= 15 is 0 Å². The van der Waals surface area contributed by atoms with Gasteiger partial charge < -0.3 is 19.9 Å². The van der Waals surface area contributed by atoms with Crippen molar-refractivity contribution in [2.24, 2.45) is 0 Å². The van der Waals surface area contributed by atoms with E-state index in [0.717, 1.165) is 29.3 Å². The van der Waals surface area contributed by atoms with E-state index in [0.29, 0.717) is 32.5 Å². The quantitative estimate of drug-likeness (QED) is 0.865. The number of halogens is 1. The lowest BCUT2D eigenvalue weighted by Gasteiger charge is -2.32. The van der Waals surface area contributed by atoms with Gasteiger partial charge in [-0.2, -0.15) is 0 Å². The Morgan fingerprint density at radius 2 is 2.07 bits per heavy atom. The molecule has 4 rings (SSSR count). The minimum absolute atomic E-state index is 0.00208. The van der Waals surface area contributed by atoms with Crippen LogP contribution in [0.15, 0.2) is 24.4 Å². The predicted octanol–water partition coefficient (Wildman–Crippen LogP) is 3.08. The molecule has 1 saturated heterocycles. The number of hydrogen-bond donors (Lipinski definition) is 2. The second-order valence-electron chi connectivity index (χ2n) is 7.41. The van der Waals surface area contributed by atoms with Crippen LogP contribution in [0, 0.1) is 5.82 Å². The van der Waals surface area contributed by atoms with Gasteiger partial charge in [-0.1, -0.05) is 0 Å². The Bertz CT molecular complexity index is 866. The maximum Gasteiger partial charge on any atom is 0.409 e. The average molecular weight is 373 g/mol. The van der Waals surface area contributed by atoms with Crippen LogP contribution in [0.4, 0.5) is 9.18 Å². The van der Waals surface area contributed by atoms with Crippen molar-refractivity contribution >= 4 is 22.9 Å². The molecule has 27 heavy (non-hydrogen) atoms. The fraction of sp³-hybridized carbons (Fsp3) is 0.500. The first-order chi connectivity index (χ1) is 13.0. The van der Waals surface area contributed by atoms with E-state index in [4.69, 9.17) is 4.74 Å². The summed E-state index contributed by atoms with van der Waals surface area (Å²) in [7, 11) is 0. The summed E-state index contributed by atoms with van der Waals surface area (Å²) < 4.78 is 18.7. The van der Waals surface area contributed by atoms with Gasteiger partial charge in [0.1, 0.15) is 5.82 Å². The molecule has 2 N–H and O–H groups in total. The van der Waals surface area contributed by atoms with Crippen LogP contribution < -0.4 is 5.32 Å². The maximum absolute atomic E-state index is 13.7.